The summed E-state index contributed by atoms with van der Waals surface area (Å²) in [5.74, 6) is 0.433. The van der Waals surface area contributed by atoms with Crippen molar-refractivity contribution in [2.75, 3.05) is 0 Å². The molecule has 0 saturated carbocycles. The van der Waals surface area contributed by atoms with E-state index in [4.69, 9.17) is 0 Å². The Balaban J connectivity index is 2.37. The fraction of sp³-hybridized carbons (Fsp3) is 0.154. The first-order chi connectivity index (χ1) is 8.65. The van der Waals surface area contributed by atoms with Crippen LogP contribution in [-0.4, -0.2) is 19.7 Å². The molecule has 0 spiro atoms. The smallest absolute Gasteiger partial charge is 0.260 e. The molecular weight excluding hydrogens is 228 g/mol. The number of nitrogens with one attached hydrogen (secondary N) is 1. The van der Waals surface area contributed by atoms with E-state index >= 15 is 0 Å². The van der Waals surface area contributed by atoms with Gasteiger partial charge in [0.15, 0.2) is 0 Å². The van der Waals surface area contributed by atoms with Gasteiger partial charge in [-0.2, -0.15) is 5.10 Å². The van der Waals surface area contributed by atoms with E-state index in [0.29, 0.717) is 16.9 Å². The number of hydrogen-bond acceptors (Lipinski definition) is 3. The van der Waals surface area contributed by atoms with E-state index in [1.54, 1.807) is 23.1 Å². The minimum atomic E-state index is -0.136. The lowest BCUT2D eigenvalue weighted by atomic mass is 10.1. The molecule has 0 aliphatic carbocycles. The van der Waals surface area contributed by atoms with Crippen LogP contribution in [0.5, 0.6) is 0 Å². The van der Waals surface area contributed by atoms with Gasteiger partial charge < -0.3 is 0 Å². The Labute approximate surface area is 103 Å². The molecule has 0 unspecified atom stereocenters. The Kier molecular flexibility index (Phi) is 2.26. The Hall–Kier alpha value is -2.43. The van der Waals surface area contributed by atoms with Crippen LogP contribution in [0.1, 0.15) is 11.1 Å². The number of fused-ring (bicyclic) bond motifs is 1. The van der Waals surface area contributed by atoms with Crippen molar-refractivity contribution in [2.24, 2.45) is 0 Å². The first-order valence-electron chi connectivity index (χ1n) is 5.66. The van der Waals surface area contributed by atoms with E-state index in [2.05, 4.69) is 15.1 Å². The number of hydrogen-bond donors (Lipinski definition) is 1. The molecule has 0 amide bonds. The summed E-state index contributed by atoms with van der Waals surface area (Å²) in [5.41, 5.74) is 2.58. The van der Waals surface area contributed by atoms with Gasteiger partial charge in [0.2, 0.25) is 5.95 Å². The second-order valence-electron chi connectivity index (χ2n) is 4.32. The molecule has 0 atom stereocenters. The van der Waals surface area contributed by atoms with Crippen molar-refractivity contribution in [3.63, 3.8) is 0 Å². The van der Waals surface area contributed by atoms with Crippen LogP contribution in [0.25, 0.3) is 16.9 Å². The van der Waals surface area contributed by atoms with E-state index in [9.17, 15) is 4.79 Å². The highest BCUT2D eigenvalue weighted by Crippen LogP contribution is 2.15. The molecule has 5 heteroatoms. The number of aromatic nitrogens is 4. The van der Waals surface area contributed by atoms with Crippen LogP contribution >= 0.6 is 0 Å². The quantitative estimate of drug-likeness (QED) is 0.704. The minimum absolute atomic E-state index is 0.136. The summed E-state index contributed by atoms with van der Waals surface area (Å²) in [6.45, 7) is 3.91. The normalized spacial score (nSPS) is 11.0. The third-order valence-electron chi connectivity index (χ3n) is 2.86. The maximum absolute atomic E-state index is 12.1. The van der Waals surface area contributed by atoms with Crippen LogP contribution in [0.3, 0.4) is 0 Å². The van der Waals surface area contributed by atoms with Crippen molar-refractivity contribution in [1.29, 1.82) is 0 Å². The third kappa shape index (κ3) is 1.60. The summed E-state index contributed by atoms with van der Waals surface area (Å²) in [4.78, 5) is 19.3. The molecule has 18 heavy (non-hydrogen) atoms. The van der Waals surface area contributed by atoms with Gasteiger partial charge in [-0.1, -0.05) is 6.07 Å². The molecule has 3 rings (SSSR count). The molecular formula is C13H12N4O. The van der Waals surface area contributed by atoms with Crippen molar-refractivity contribution < 1.29 is 0 Å². The van der Waals surface area contributed by atoms with Crippen LogP contribution in [0.4, 0.5) is 0 Å². The van der Waals surface area contributed by atoms with Gasteiger partial charge in [0, 0.05) is 12.4 Å². The first kappa shape index (κ1) is 10.7. The molecule has 0 aliphatic rings. The van der Waals surface area contributed by atoms with Gasteiger partial charge in [0.25, 0.3) is 5.56 Å². The molecule has 0 bridgehead atoms. The van der Waals surface area contributed by atoms with Crippen LogP contribution in [-0.2, 0) is 0 Å². The molecule has 5 nitrogen and oxygen atoms in total. The van der Waals surface area contributed by atoms with Crippen molar-refractivity contribution in [2.45, 2.75) is 13.8 Å². The number of H-pyrrole nitrogens is 1. The molecule has 0 radical (unpaired) electrons. The second-order valence-corrected chi connectivity index (χ2v) is 4.32. The van der Waals surface area contributed by atoms with Crippen LogP contribution in [0.15, 0.2) is 35.4 Å². The van der Waals surface area contributed by atoms with Crippen LogP contribution in [0, 0.1) is 13.8 Å². The Morgan fingerprint density at radius 1 is 1.28 bits per heavy atom. The van der Waals surface area contributed by atoms with E-state index in [1.807, 2.05) is 26.0 Å². The maximum Gasteiger partial charge on any atom is 0.260 e. The zero-order valence-electron chi connectivity index (χ0n) is 10.1. The molecule has 0 aliphatic heterocycles. The molecule has 0 saturated heterocycles. The Bertz CT molecular complexity index is 772. The third-order valence-corrected chi connectivity index (χ3v) is 2.86. The van der Waals surface area contributed by atoms with Gasteiger partial charge in [0.05, 0.1) is 10.9 Å². The van der Waals surface area contributed by atoms with Gasteiger partial charge in [-0.05, 0) is 37.1 Å². The van der Waals surface area contributed by atoms with Crippen molar-refractivity contribution in [3.05, 3.63) is 52.1 Å². The summed E-state index contributed by atoms with van der Waals surface area (Å²) < 4.78 is 1.54. The summed E-state index contributed by atoms with van der Waals surface area (Å²) in [6, 6.07) is 5.67. The number of aryl methyl sites for hydroxylation is 2. The van der Waals surface area contributed by atoms with Gasteiger partial charge >= 0.3 is 0 Å². The van der Waals surface area contributed by atoms with E-state index in [1.165, 1.54) is 0 Å². The van der Waals surface area contributed by atoms with Crippen molar-refractivity contribution >= 4 is 10.9 Å². The standard InChI is InChI=1S/C13H12N4O/c1-8-6-9(2)11-10(7-8)15-13(16-12(11)18)17-5-3-4-14-17/h3-7H,1-2H3,(H,15,16,18). The largest absolute Gasteiger partial charge is 0.290 e. The van der Waals surface area contributed by atoms with E-state index in [-0.39, 0.29) is 5.56 Å². The average Bonchev–Trinajstić information content (AvgIpc) is 2.80. The number of nitrogens with zero attached hydrogens (tertiary/aromatic N) is 3. The Morgan fingerprint density at radius 3 is 2.83 bits per heavy atom. The summed E-state index contributed by atoms with van der Waals surface area (Å²) in [6.07, 6.45) is 3.39. The lowest BCUT2D eigenvalue weighted by Crippen LogP contribution is -2.14. The topological polar surface area (TPSA) is 63.6 Å². The lowest BCUT2D eigenvalue weighted by molar-refractivity contribution is 0.810. The summed E-state index contributed by atoms with van der Waals surface area (Å²) >= 11 is 0. The van der Waals surface area contributed by atoms with Crippen LogP contribution in [0.2, 0.25) is 0 Å². The first-order valence-corrected chi connectivity index (χ1v) is 5.66. The van der Waals surface area contributed by atoms with Gasteiger partial charge in [-0.3, -0.25) is 9.78 Å². The molecule has 2 heterocycles. The highest BCUT2D eigenvalue weighted by molar-refractivity contribution is 5.82. The fourth-order valence-electron chi connectivity index (χ4n) is 2.14. The fourth-order valence-corrected chi connectivity index (χ4v) is 2.14. The summed E-state index contributed by atoms with van der Waals surface area (Å²) in [7, 11) is 0. The van der Waals surface area contributed by atoms with E-state index < -0.39 is 0 Å². The number of benzene rings is 1. The predicted octanol–water partition coefficient (Wildman–Crippen LogP) is 1.73. The SMILES string of the molecule is Cc1cc(C)c2c(=O)[nH]c(-n3cccn3)nc2c1. The van der Waals surface area contributed by atoms with Gasteiger partial charge in [0.1, 0.15) is 0 Å². The highest BCUT2D eigenvalue weighted by Gasteiger charge is 2.08. The summed E-state index contributed by atoms with van der Waals surface area (Å²) in [5, 5.41) is 4.70. The molecule has 1 N–H and O–H groups in total. The molecule has 90 valence electrons. The second kappa shape index (κ2) is 3.80. The van der Waals surface area contributed by atoms with Gasteiger partial charge in [-0.15, -0.1) is 0 Å². The molecule has 2 aromatic heterocycles. The van der Waals surface area contributed by atoms with Crippen LogP contribution < -0.4 is 5.56 Å². The average molecular weight is 240 g/mol. The number of rotatable bonds is 1. The monoisotopic (exact) mass is 240 g/mol. The zero-order valence-corrected chi connectivity index (χ0v) is 10.1. The zero-order chi connectivity index (χ0) is 12.7. The van der Waals surface area contributed by atoms with Crippen molar-refractivity contribution in [3.8, 4) is 5.95 Å². The Morgan fingerprint density at radius 2 is 2.11 bits per heavy atom. The highest BCUT2D eigenvalue weighted by atomic mass is 16.1. The van der Waals surface area contributed by atoms with Gasteiger partial charge in [-0.25, -0.2) is 9.67 Å². The lowest BCUT2D eigenvalue weighted by Gasteiger charge is -2.05. The van der Waals surface area contributed by atoms with E-state index in [0.717, 1.165) is 11.1 Å². The minimum Gasteiger partial charge on any atom is -0.290 e. The maximum atomic E-state index is 12.1. The predicted molar refractivity (Wildman–Crippen MR) is 69.0 cm³/mol. The molecule has 3 aromatic rings. The molecule has 1 aromatic carbocycles. The molecule has 0 fully saturated rings. The number of aromatic amines is 1. The van der Waals surface area contributed by atoms with Crippen molar-refractivity contribution in [1.82, 2.24) is 19.7 Å².